The van der Waals surface area contributed by atoms with Crippen molar-refractivity contribution in [2.75, 3.05) is 16.8 Å². The van der Waals surface area contributed by atoms with Crippen LogP contribution in [-0.4, -0.2) is 31.7 Å². The third-order valence-corrected chi connectivity index (χ3v) is 5.57. The third kappa shape index (κ3) is 4.41. The van der Waals surface area contributed by atoms with Gasteiger partial charge in [0.2, 0.25) is 21.8 Å². The fourth-order valence-electron chi connectivity index (χ4n) is 3.09. The Hall–Kier alpha value is -3.31. The van der Waals surface area contributed by atoms with Gasteiger partial charge in [-0.2, -0.15) is 0 Å². The molecule has 1 aliphatic rings. The first-order valence-electron chi connectivity index (χ1n) is 8.55. The van der Waals surface area contributed by atoms with Crippen molar-refractivity contribution >= 4 is 38.9 Å². The number of hydrogen-bond donors (Lipinski definition) is 2. The predicted octanol–water partition coefficient (Wildman–Crippen LogP) is 1.54. The Morgan fingerprint density at radius 2 is 1.90 bits per heavy atom. The first-order valence-corrected chi connectivity index (χ1v) is 10.1. The summed E-state index contributed by atoms with van der Waals surface area (Å²) >= 11 is 0. The third-order valence-electron chi connectivity index (χ3n) is 4.64. The van der Waals surface area contributed by atoms with Crippen molar-refractivity contribution in [3.63, 3.8) is 0 Å². The average Bonchev–Trinajstić information content (AvgIpc) is 3.03. The van der Waals surface area contributed by atoms with Gasteiger partial charge in [-0.25, -0.2) is 13.6 Å². The summed E-state index contributed by atoms with van der Waals surface area (Å²) in [6.07, 6.45) is -0.0385. The summed E-state index contributed by atoms with van der Waals surface area (Å²) in [5, 5.41) is 18.7. The maximum Gasteiger partial charge on any atom is 0.271 e. The Bertz CT molecular complexity index is 1100. The van der Waals surface area contributed by atoms with Gasteiger partial charge in [0.15, 0.2) is 0 Å². The van der Waals surface area contributed by atoms with E-state index in [-0.39, 0.29) is 29.5 Å². The molecule has 11 heteroatoms. The molecule has 1 saturated heterocycles. The lowest BCUT2D eigenvalue weighted by Crippen LogP contribution is -2.28. The summed E-state index contributed by atoms with van der Waals surface area (Å²) in [4.78, 5) is 36.7. The number of carbonyl (C=O) groups is 2. The van der Waals surface area contributed by atoms with E-state index in [1.807, 2.05) is 0 Å². The molecule has 0 aliphatic carbocycles. The van der Waals surface area contributed by atoms with Crippen molar-refractivity contribution in [1.29, 1.82) is 0 Å². The number of nitrogens with two attached hydrogens (primary N) is 1. The van der Waals surface area contributed by atoms with Crippen LogP contribution in [0.3, 0.4) is 0 Å². The number of nitro groups is 1. The van der Waals surface area contributed by atoms with Gasteiger partial charge >= 0.3 is 0 Å². The summed E-state index contributed by atoms with van der Waals surface area (Å²) < 4.78 is 22.6. The minimum Gasteiger partial charge on any atom is -0.326 e. The lowest BCUT2D eigenvalue weighted by Gasteiger charge is -2.19. The van der Waals surface area contributed by atoms with Crippen LogP contribution >= 0.6 is 0 Å². The van der Waals surface area contributed by atoms with Gasteiger partial charge in [-0.1, -0.05) is 6.07 Å². The number of aryl methyl sites for hydroxylation is 1. The van der Waals surface area contributed by atoms with Crippen LogP contribution in [0.15, 0.2) is 47.4 Å². The Kier molecular flexibility index (Phi) is 5.36. The number of carbonyl (C=O) groups excluding carboxylic acids is 2. The number of benzene rings is 2. The van der Waals surface area contributed by atoms with Gasteiger partial charge in [0.05, 0.1) is 21.4 Å². The monoisotopic (exact) mass is 418 g/mol. The molecule has 0 spiro atoms. The van der Waals surface area contributed by atoms with Crippen molar-refractivity contribution in [2.45, 2.75) is 18.2 Å². The van der Waals surface area contributed by atoms with Crippen LogP contribution in [0.25, 0.3) is 0 Å². The highest BCUT2D eigenvalue weighted by atomic mass is 32.2. The zero-order valence-corrected chi connectivity index (χ0v) is 16.2. The summed E-state index contributed by atoms with van der Waals surface area (Å²) in [6, 6.07) is 9.57. The second-order valence-electron chi connectivity index (χ2n) is 6.69. The van der Waals surface area contributed by atoms with Gasteiger partial charge in [-0.05, 0) is 36.8 Å². The Labute approximate surface area is 166 Å². The summed E-state index contributed by atoms with van der Waals surface area (Å²) in [7, 11) is -3.83. The number of non-ortho nitro benzene ring substituents is 1. The largest absolute Gasteiger partial charge is 0.326 e. The van der Waals surface area contributed by atoms with E-state index in [4.69, 9.17) is 5.14 Å². The molecule has 0 radical (unpaired) electrons. The molecule has 0 saturated carbocycles. The van der Waals surface area contributed by atoms with E-state index in [1.165, 1.54) is 41.3 Å². The second-order valence-corrected chi connectivity index (χ2v) is 8.25. The standard InChI is InChI=1S/C18H18N4O6S/c1-11-2-5-14(22(25)26)9-16(11)21-10-12(8-17(21)23)18(24)20-13-3-6-15(7-4-13)29(19,27)28/h2-7,9,12H,8,10H2,1H3,(H,20,24)(H2,19,27,28). The number of nitro benzene ring substituents is 1. The van der Waals surface area contributed by atoms with E-state index in [0.717, 1.165) is 0 Å². The quantitative estimate of drug-likeness (QED) is 0.555. The highest BCUT2D eigenvalue weighted by Gasteiger charge is 2.36. The zero-order chi connectivity index (χ0) is 21.3. The fraction of sp³-hybridized carbons (Fsp3) is 0.222. The molecule has 1 atom stereocenters. The molecule has 2 aromatic rings. The number of hydrogen-bond acceptors (Lipinski definition) is 6. The van der Waals surface area contributed by atoms with Crippen LogP contribution in [0.1, 0.15) is 12.0 Å². The normalized spacial score (nSPS) is 16.7. The number of nitrogens with zero attached hydrogens (tertiary/aromatic N) is 2. The van der Waals surface area contributed by atoms with E-state index in [2.05, 4.69) is 5.32 Å². The van der Waals surface area contributed by atoms with Crippen molar-refractivity contribution in [2.24, 2.45) is 11.1 Å². The highest BCUT2D eigenvalue weighted by molar-refractivity contribution is 7.89. The van der Waals surface area contributed by atoms with Crippen LogP contribution in [0.5, 0.6) is 0 Å². The molecule has 2 aromatic carbocycles. The van der Waals surface area contributed by atoms with Gasteiger partial charge in [-0.3, -0.25) is 19.7 Å². The Morgan fingerprint density at radius 3 is 2.48 bits per heavy atom. The van der Waals surface area contributed by atoms with E-state index >= 15 is 0 Å². The van der Waals surface area contributed by atoms with E-state index in [9.17, 15) is 28.1 Å². The van der Waals surface area contributed by atoms with Gasteiger partial charge in [0, 0.05) is 30.8 Å². The minimum atomic E-state index is -3.83. The van der Waals surface area contributed by atoms with Crippen LogP contribution in [0.2, 0.25) is 0 Å². The number of amides is 2. The Balaban J connectivity index is 1.74. The van der Waals surface area contributed by atoms with Crippen LogP contribution in [0.4, 0.5) is 17.1 Å². The number of anilines is 2. The Morgan fingerprint density at radius 1 is 1.24 bits per heavy atom. The summed E-state index contributed by atoms with van der Waals surface area (Å²) in [5.74, 6) is -1.37. The SMILES string of the molecule is Cc1ccc([N+](=O)[O-])cc1N1CC(C(=O)Nc2ccc(S(N)(=O)=O)cc2)CC1=O. The number of primary sulfonamides is 1. The molecule has 1 fully saturated rings. The number of rotatable bonds is 5. The number of nitrogens with one attached hydrogen (secondary N) is 1. The van der Waals surface area contributed by atoms with Gasteiger partial charge in [0.25, 0.3) is 5.69 Å². The molecule has 3 rings (SSSR count). The van der Waals surface area contributed by atoms with Crippen molar-refractivity contribution < 1.29 is 22.9 Å². The molecule has 0 aromatic heterocycles. The summed E-state index contributed by atoms with van der Waals surface area (Å²) in [5.41, 5.74) is 1.31. The molecular weight excluding hydrogens is 400 g/mol. The first-order chi connectivity index (χ1) is 13.6. The van der Waals surface area contributed by atoms with E-state index in [0.29, 0.717) is 16.9 Å². The molecule has 3 N–H and O–H groups in total. The first kappa shape index (κ1) is 20.4. The molecule has 1 aliphatic heterocycles. The van der Waals surface area contributed by atoms with Crippen LogP contribution in [-0.2, 0) is 19.6 Å². The summed E-state index contributed by atoms with van der Waals surface area (Å²) in [6.45, 7) is 1.81. The van der Waals surface area contributed by atoms with Crippen molar-refractivity contribution in [1.82, 2.24) is 0 Å². The van der Waals surface area contributed by atoms with E-state index < -0.39 is 26.8 Å². The molecule has 2 amide bonds. The molecular formula is C18H18N4O6S. The molecule has 152 valence electrons. The maximum atomic E-state index is 12.5. The molecule has 29 heavy (non-hydrogen) atoms. The maximum absolute atomic E-state index is 12.5. The highest BCUT2D eigenvalue weighted by Crippen LogP contribution is 2.31. The van der Waals surface area contributed by atoms with Crippen LogP contribution in [0, 0.1) is 23.0 Å². The molecule has 1 unspecified atom stereocenters. The topological polar surface area (TPSA) is 153 Å². The minimum absolute atomic E-state index is 0.0385. The van der Waals surface area contributed by atoms with Crippen molar-refractivity contribution in [3.05, 3.63) is 58.1 Å². The van der Waals surface area contributed by atoms with E-state index in [1.54, 1.807) is 13.0 Å². The second kappa shape index (κ2) is 7.60. The average molecular weight is 418 g/mol. The lowest BCUT2D eigenvalue weighted by atomic mass is 10.1. The molecule has 1 heterocycles. The fourth-order valence-corrected chi connectivity index (χ4v) is 3.61. The smallest absolute Gasteiger partial charge is 0.271 e. The lowest BCUT2D eigenvalue weighted by molar-refractivity contribution is -0.384. The molecule has 0 bridgehead atoms. The van der Waals surface area contributed by atoms with Crippen molar-refractivity contribution in [3.8, 4) is 0 Å². The van der Waals surface area contributed by atoms with Gasteiger partial charge < -0.3 is 10.2 Å². The zero-order valence-electron chi connectivity index (χ0n) is 15.4. The van der Waals surface area contributed by atoms with Gasteiger partial charge in [0.1, 0.15) is 0 Å². The van der Waals surface area contributed by atoms with Crippen LogP contribution < -0.4 is 15.4 Å². The van der Waals surface area contributed by atoms with Gasteiger partial charge in [-0.15, -0.1) is 0 Å². The molecule has 10 nitrogen and oxygen atoms in total. The number of sulfonamides is 1. The predicted molar refractivity (Wildman–Crippen MR) is 105 cm³/mol.